The van der Waals surface area contributed by atoms with Gasteiger partial charge in [0, 0.05) is 26.2 Å². The lowest BCUT2D eigenvalue weighted by atomic mass is 10.2. The predicted octanol–water partition coefficient (Wildman–Crippen LogP) is 2.47. The second kappa shape index (κ2) is 6.16. The summed E-state index contributed by atoms with van der Waals surface area (Å²) in [6, 6.07) is 6.49. The van der Waals surface area contributed by atoms with Crippen molar-refractivity contribution >= 4 is 23.1 Å². The van der Waals surface area contributed by atoms with Gasteiger partial charge in [0.15, 0.2) is 5.82 Å². The van der Waals surface area contributed by atoms with E-state index in [1.807, 2.05) is 11.0 Å². The number of hydrogen-bond donors (Lipinski definition) is 0. The van der Waals surface area contributed by atoms with Crippen LogP contribution >= 0.6 is 11.6 Å². The summed E-state index contributed by atoms with van der Waals surface area (Å²) in [6.45, 7) is 2.69. The molecule has 1 aromatic carbocycles. The van der Waals surface area contributed by atoms with Crippen LogP contribution in [-0.4, -0.2) is 36.1 Å². The first-order chi connectivity index (χ1) is 10.7. The molecule has 2 aromatic rings. The molecule has 3 rings (SSSR count). The average Bonchev–Trinajstić information content (AvgIpc) is 2.55. The third kappa shape index (κ3) is 2.81. The maximum Gasteiger partial charge on any atom is 0.150 e. The number of nitrogens with zero attached hydrogens (tertiary/aromatic N) is 5. The Morgan fingerprint density at radius 3 is 2.55 bits per heavy atom. The molecule has 1 aliphatic heterocycles. The number of halogens is 2. The Morgan fingerprint density at radius 2 is 1.91 bits per heavy atom. The Bertz CT molecular complexity index is 722. The third-order valence-electron chi connectivity index (χ3n) is 3.64. The van der Waals surface area contributed by atoms with Crippen LogP contribution in [0.1, 0.15) is 5.56 Å². The molecule has 1 fully saturated rings. The zero-order chi connectivity index (χ0) is 15.5. The van der Waals surface area contributed by atoms with Crippen LogP contribution in [0, 0.1) is 17.1 Å². The van der Waals surface area contributed by atoms with Gasteiger partial charge in [0.05, 0.1) is 23.5 Å². The average molecular weight is 318 g/mol. The number of anilines is 2. The highest BCUT2D eigenvalue weighted by atomic mass is 35.5. The van der Waals surface area contributed by atoms with E-state index in [4.69, 9.17) is 16.9 Å². The number of hydrogen-bond acceptors (Lipinski definition) is 5. The Hall–Kier alpha value is -2.39. The third-order valence-corrected chi connectivity index (χ3v) is 3.91. The summed E-state index contributed by atoms with van der Waals surface area (Å²) in [5.74, 6) is 0.337. The lowest BCUT2D eigenvalue weighted by Gasteiger charge is -2.37. The summed E-state index contributed by atoms with van der Waals surface area (Å²) in [5.41, 5.74) is 0.847. The molecule has 112 valence electrons. The predicted molar refractivity (Wildman–Crippen MR) is 82.6 cm³/mol. The molecule has 0 radical (unpaired) electrons. The number of benzene rings is 1. The lowest BCUT2D eigenvalue weighted by Crippen LogP contribution is -2.47. The van der Waals surface area contributed by atoms with Crippen molar-refractivity contribution in [1.29, 1.82) is 5.26 Å². The van der Waals surface area contributed by atoms with E-state index in [1.54, 1.807) is 18.3 Å². The van der Waals surface area contributed by atoms with Gasteiger partial charge in [-0.05, 0) is 18.2 Å². The number of rotatable bonds is 2. The number of nitriles is 1. The fourth-order valence-electron chi connectivity index (χ4n) is 2.53. The van der Waals surface area contributed by atoms with Gasteiger partial charge >= 0.3 is 0 Å². The van der Waals surface area contributed by atoms with E-state index >= 15 is 0 Å². The van der Waals surface area contributed by atoms with Gasteiger partial charge in [-0.15, -0.1) is 0 Å². The van der Waals surface area contributed by atoms with Gasteiger partial charge in [-0.3, -0.25) is 0 Å². The molecule has 1 aliphatic rings. The molecule has 0 N–H and O–H groups in total. The van der Waals surface area contributed by atoms with Crippen LogP contribution in [0.25, 0.3) is 0 Å². The minimum atomic E-state index is -0.368. The maximum atomic E-state index is 14.1. The minimum absolute atomic E-state index is 0.327. The molecule has 2 heterocycles. The SMILES string of the molecule is N#Cc1ccc(N2CCN(c3ncncc3Cl)CC2)c(F)c1. The molecule has 0 bridgehead atoms. The van der Waals surface area contributed by atoms with E-state index in [1.165, 1.54) is 12.4 Å². The molecule has 0 aliphatic carbocycles. The summed E-state index contributed by atoms with van der Waals surface area (Å²) >= 11 is 6.10. The van der Waals surface area contributed by atoms with E-state index < -0.39 is 0 Å². The Balaban J connectivity index is 1.72. The first kappa shape index (κ1) is 14.5. The summed E-state index contributed by atoms with van der Waals surface area (Å²) in [6.07, 6.45) is 3.03. The first-order valence-corrected chi connectivity index (χ1v) is 7.22. The normalized spacial score (nSPS) is 14.8. The van der Waals surface area contributed by atoms with Crippen molar-refractivity contribution in [3.8, 4) is 6.07 Å². The Kier molecular flexibility index (Phi) is 4.07. The van der Waals surface area contributed by atoms with Crippen LogP contribution in [0.4, 0.5) is 15.9 Å². The molecule has 0 unspecified atom stereocenters. The summed E-state index contributed by atoms with van der Waals surface area (Å²) in [5, 5.41) is 9.30. The van der Waals surface area contributed by atoms with E-state index in [0.717, 1.165) is 0 Å². The Morgan fingerprint density at radius 1 is 1.18 bits per heavy atom. The second-order valence-electron chi connectivity index (χ2n) is 4.95. The number of aromatic nitrogens is 2. The smallest absolute Gasteiger partial charge is 0.150 e. The van der Waals surface area contributed by atoms with Crippen molar-refractivity contribution in [3.63, 3.8) is 0 Å². The molecule has 0 spiro atoms. The molecule has 1 aromatic heterocycles. The monoisotopic (exact) mass is 317 g/mol. The first-order valence-electron chi connectivity index (χ1n) is 6.84. The van der Waals surface area contributed by atoms with Crippen LogP contribution in [-0.2, 0) is 0 Å². The van der Waals surface area contributed by atoms with Gasteiger partial charge in [-0.2, -0.15) is 5.26 Å². The van der Waals surface area contributed by atoms with Crippen molar-refractivity contribution in [2.45, 2.75) is 0 Å². The van der Waals surface area contributed by atoms with Crippen molar-refractivity contribution in [1.82, 2.24) is 9.97 Å². The van der Waals surface area contributed by atoms with Crippen LogP contribution < -0.4 is 9.80 Å². The van der Waals surface area contributed by atoms with Gasteiger partial charge in [0.25, 0.3) is 0 Å². The van der Waals surface area contributed by atoms with Crippen molar-refractivity contribution in [2.24, 2.45) is 0 Å². The van der Waals surface area contributed by atoms with Gasteiger partial charge < -0.3 is 9.80 Å². The molecule has 1 saturated heterocycles. The fourth-order valence-corrected chi connectivity index (χ4v) is 2.76. The molecule has 0 saturated carbocycles. The van der Waals surface area contributed by atoms with Crippen molar-refractivity contribution in [2.75, 3.05) is 36.0 Å². The standard InChI is InChI=1S/C15H13ClFN5/c16-12-9-19-10-20-15(12)22-5-3-21(4-6-22)14-2-1-11(8-18)7-13(14)17/h1-2,7,9-10H,3-6H2. The highest BCUT2D eigenvalue weighted by Gasteiger charge is 2.21. The summed E-state index contributed by atoms with van der Waals surface area (Å²) < 4.78 is 14.1. The minimum Gasteiger partial charge on any atom is -0.366 e. The van der Waals surface area contributed by atoms with Crippen LogP contribution in [0.2, 0.25) is 5.02 Å². The zero-order valence-electron chi connectivity index (χ0n) is 11.7. The van der Waals surface area contributed by atoms with Crippen LogP contribution in [0.3, 0.4) is 0 Å². The molecule has 5 nitrogen and oxygen atoms in total. The van der Waals surface area contributed by atoms with Crippen LogP contribution in [0.15, 0.2) is 30.7 Å². The summed E-state index contributed by atoms with van der Waals surface area (Å²) in [7, 11) is 0. The second-order valence-corrected chi connectivity index (χ2v) is 5.35. The van der Waals surface area contributed by atoms with Gasteiger partial charge in [0.2, 0.25) is 0 Å². The Labute approximate surface area is 132 Å². The lowest BCUT2D eigenvalue weighted by molar-refractivity contribution is 0.595. The molecule has 0 atom stereocenters. The molecule has 0 amide bonds. The molecule has 7 heteroatoms. The van der Waals surface area contributed by atoms with E-state index in [2.05, 4.69) is 14.9 Å². The topological polar surface area (TPSA) is 56.1 Å². The maximum absolute atomic E-state index is 14.1. The molecular weight excluding hydrogens is 305 g/mol. The highest BCUT2D eigenvalue weighted by Crippen LogP contribution is 2.26. The van der Waals surface area contributed by atoms with E-state index in [9.17, 15) is 4.39 Å². The highest BCUT2D eigenvalue weighted by molar-refractivity contribution is 6.32. The van der Waals surface area contributed by atoms with Gasteiger partial charge in [-0.25, -0.2) is 14.4 Å². The van der Waals surface area contributed by atoms with Crippen LogP contribution in [0.5, 0.6) is 0 Å². The molecule has 22 heavy (non-hydrogen) atoms. The van der Waals surface area contributed by atoms with Gasteiger partial charge in [0.1, 0.15) is 17.2 Å². The fraction of sp³-hybridized carbons (Fsp3) is 0.267. The molecular formula is C15H13ClFN5. The number of piperazine rings is 1. The van der Waals surface area contributed by atoms with Gasteiger partial charge in [-0.1, -0.05) is 11.6 Å². The van der Waals surface area contributed by atoms with Crippen molar-refractivity contribution in [3.05, 3.63) is 47.1 Å². The van der Waals surface area contributed by atoms with E-state index in [0.29, 0.717) is 48.3 Å². The quantitative estimate of drug-likeness (QED) is 0.851. The zero-order valence-corrected chi connectivity index (χ0v) is 12.5. The van der Waals surface area contributed by atoms with Crippen molar-refractivity contribution < 1.29 is 4.39 Å². The largest absolute Gasteiger partial charge is 0.366 e. The summed E-state index contributed by atoms with van der Waals surface area (Å²) in [4.78, 5) is 12.1. The van der Waals surface area contributed by atoms with E-state index in [-0.39, 0.29) is 5.82 Å².